The Morgan fingerprint density at radius 2 is 2.08 bits per heavy atom. The first-order chi connectivity index (χ1) is 17.9. The molecule has 4 rings (SSSR count). The van der Waals surface area contributed by atoms with Crippen LogP contribution in [0.1, 0.15) is 26.3 Å². The number of aromatic nitrogens is 5. The highest BCUT2D eigenvalue weighted by atomic mass is 19.1. The van der Waals surface area contributed by atoms with Crippen LogP contribution < -0.4 is 10.2 Å². The zero-order valence-electron chi connectivity index (χ0n) is 21.2. The van der Waals surface area contributed by atoms with Crippen LogP contribution >= 0.6 is 0 Å². The lowest BCUT2D eigenvalue weighted by Crippen LogP contribution is -2.30. The van der Waals surface area contributed by atoms with Crippen LogP contribution in [0, 0.1) is 17.1 Å². The van der Waals surface area contributed by atoms with E-state index < -0.39 is 5.82 Å². The minimum atomic E-state index is -0.441. The van der Waals surface area contributed by atoms with Gasteiger partial charge < -0.3 is 10.2 Å². The number of halogens is 1. The van der Waals surface area contributed by atoms with E-state index in [1.165, 1.54) is 10.9 Å². The van der Waals surface area contributed by atoms with E-state index in [0.29, 0.717) is 11.4 Å². The zero-order valence-corrected chi connectivity index (χ0v) is 21.2. The van der Waals surface area contributed by atoms with Gasteiger partial charge in [-0.3, -0.25) is 0 Å². The summed E-state index contributed by atoms with van der Waals surface area (Å²) >= 11 is 0. The average Bonchev–Trinajstić information content (AvgIpc) is 3.54. The fourth-order valence-corrected chi connectivity index (χ4v) is 3.95. The van der Waals surface area contributed by atoms with Crippen LogP contribution in [0.2, 0.25) is 0 Å². The van der Waals surface area contributed by atoms with E-state index in [0.717, 1.165) is 46.5 Å². The van der Waals surface area contributed by atoms with Crippen molar-refractivity contribution in [2.75, 3.05) is 23.8 Å². The molecule has 188 valence electrons. The van der Waals surface area contributed by atoms with Gasteiger partial charge in [0.2, 0.25) is 0 Å². The van der Waals surface area contributed by atoms with Gasteiger partial charge in [-0.15, -0.1) is 0 Å². The number of pyridine rings is 2. The van der Waals surface area contributed by atoms with Crippen molar-refractivity contribution < 1.29 is 4.39 Å². The van der Waals surface area contributed by atoms with Gasteiger partial charge in [-0.1, -0.05) is 11.6 Å². The van der Waals surface area contributed by atoms with Crippen molar-refractivity contribution in [2.45, 2.75) is 26.8 Å². The maximum atomic E-state index is 13.3. The smallest absolute Gasteiger partial charge is 0.161 e. The topological polar surface area (TPSA) is 99.4 Å². The number of rotatable bonds is 9. The second kappa shape index (κ2) is 10.9. The van der Waals surface area contributed by atoms with Crippen molar-refractivity contribution in [3.8, 4) is 17.2 Å². The molecule has 0 radical (unpaired) electrons. The Hall–Kier alpha value is -4.78. The molecule has 0 fully saturated rings. The summed E-state index contributed by atoms with van der Waals surface area (Å²) in [5.74, 6) is 0.768. The van der Waals surface area contributed by atoms with Crippen LogP contribution in [0.5, 0.6) is 0 Å². The summed E-state index contributed by atoms with van der Waals surface area (Å²) in [4.78, 5) is 10.7. The highest BCUT2D eigenvalue weighted by molar-refractivity contribution is 5.86. The van der Waals surface area contributed by atoms with Gasteiger partial charge in [0.25, 0.3) is 0 Å². The number of nitrogens with one attached hydrogen (secondary N) is 1. The SMILES string of the molecule is C=N/C(=C\C=C(/C)[C@H](C)N(C)c1ccc(-c2cc(NCC)cn3ncc(C#N)c23)cn1)n1cc(F)cn1. The summed E-state index contributed by atoms with van der Waals surface area (Å²) in [7, 11) is 1.97. The largest absolute Gasteiger partial charge is 0.384 e. The standard InChI is InChI=1S/C27H28FN9/c1-6-31-23-11-24(27-21(12-29)14-33-37(27)17-23)20-8-10-26(32-13-20)35(5)19(3)18(2)7-9-25(30-4)36-16-22(28)15-34-36/h7-11,13-17,19,31H,4,6H2,1-3,5H3/b18-7+,25-9+/t19-/m0/s1. The van der Waals surface area contributed by atoms with Crippen LogP contribution in [-0.4, -0.2) is 50.7 Å². The number of hydrogen-bond donors (Lipinski definition) is 1. The van der Waals surface area contributed by atoms with Crippen LogP contribution in [0.15, 0.2) is 71.9 Å². The van der Waals surface area contributed by atoms with Crippen LogP contribution in [0.25, 0.3) is 22.5 Å². The van der Waals surface area contributed by atoms with Gasteiger partial charge in [0.05, 0.1) is 41.6 Å². The van der Waals surface area contributed by atoms with Crippen LogP contribution in [-0.2, 0) is 0 Å². The Balaban J connectivity index is 1.60. The molecule has 1 N–H and O–H groups in total. The molecule has 0 amide bonds. The molecule has 0 aliphatic heterocycles. The number of hydrogen-bond acceptors (Lipinski definition) is 7. The molecule has 0 spiro atoms. The predicted molar refractivity (Wildman–Crippen MR) is 145 cm³/mol. The number of nitrogens with zero attached hydrogens (tertiary/aromatic N) is 8. The third-order valence-electron chi connectivity index (χ3n) is 6.22. The molecule has 4 aromatic heterocycles. The molecule has 10 heteroatoms. The van der Waals surface area contributed by atoms with Crippen molar-refractivity contribution in [3.63, 3.8) is 0 Å². The van der Waals surface area contributed by atoms with E-state index in [1.54, 1.807) is 16.8 Å². The average molecular weight is 498 g/mol. The highest BCUT2D eigenvalue weighted by Gasteiger charge is 2.16. The number of aliphatic imine (C=N–C) groups is 1. The highest BCUT2D eigenvalue weighted by Crippen LogP contribution is 2.30. The molecule has 0 saturated carbocycles. The maximum absolute atomic E-state index is 13.3. The first-order valence-electron chi connectivity index (χ1n) is 11.8. The van der Waals surface area contributed by atoms with Crippen molar-refractivity contribution in [3.05, 3.63) is 78.3 Å². The number of likely N-dealkylation sites (N-methyl/N-ethyl adjacent to an activating group) is 1. The Bertz CT molecular complexity index is 1520. The normalized spacial score (nSPS) is 12.9. The Labute approximate surface area is 214 Å². The molecule has 1 atom stereocenters. The first-order valence-corrected chi connectivity index (χ1v) is 11.8. The number of allylic oxidation sites excluding steroid dienone is 2. The molecular formula is C27H28FN9. The van der Waals surface area contributed by atoms with Gasteiger partial charge in [-0.25, -0.2) is 23.6 Å². The van der Waals surface area contributed by atoms with Gasteiger partial charge in [0, 0.05) is 37.0 Å². The quantitative estimate of drug-likeness (QED) is 0.258. The lowest BCUT2D eigenvalue weighted by atomic mass is 10.0. The van der Waals surface area contributed by atoms with Crippen LogP contribution in [0.3, 0.4) is 0 Å². The molecule has 4 aromatic rings. The van der Waals surface area contributed by atoms with Gasteiger partial charge in [0.15, 0.2) is 11.6 Å². The Morgan fingerprint density at radius 1 is 1.27 bits per heavy atom. The Kier molecular flexibility index (Phi) is 7.44. The second-order valence-corrected chi connectivity index (χ2v) is 8.52. The lowest BCUT2D eigenvalue weighted by Gasteiger charge is -2.27. The fourth-order valence-electron chi connectivity index (χ4n) is 3.95. The molecule has 0 saturated heterocycles. The van der Waals surface area contributed by atoms with Crippen molar-refractivity contribution in [2.24, 2.45) is 4.99 Å². The third-order valence-corrected chi connectivity index (χ3v) is 6.22. The van der Waals surface area contributed by atoms with Gasteiger partial charge in [-0.2, -0.15) is 15.5 Å². The summed E-state index contributed by atoms with van der Waals surface area (Å²) in [5.41, 5.74) is 4.97. The minimum absolute atomic E-state index is 0.0128. The molecule has 9 nitrogen and oxygen atoms in total. The van der Waals surface area contributed by atoms with Crippen molar-refractivity contribution in [1.29, 1.82) is 5.26 Å². The second-order valence-electron chi connectivity index (χ2n) is 8.52. The van der Waals surface area contributed by atoms with Crippen molar-refractivity contribution >= 4 is 29.6 Å². The molecule has 0 unspecified atom stereocenters. The number of anilines is 2. The summed E-state index contributed by atoms with van der Waals surface area (Å²) in [6.45, 7) is 10.4. The van der Waals surface area contributed by atoms with E-state index in [4.69, 9.17) is 4.98 Å². The van der Waals surface area contributed by atoms with E-state index in [2.05, 4.69) is 45.1 Å². The molecule has 0 aliphatic rings. The lowest BCUT2D eigenvalue weighted by molar-refractivity contribution is 0.627. The fraction of sp³-hybridized carbons (Fsp3) is 0.222. The molecule has 0 aromatic carbocycles. The molecular weight excluding hydrogens is 469 g/mol. The zero-order chi connectivity index (χ0) is 26.5. The van der Waals surface area contributed by atoms with Gasteiger partial charge in [-0.05, 0) is 51.8 Å². The van der Waals surface area contributed by atoms with Crippen LogP contribution in [0.4, 0.5) is 15.9 Å². The number of nitriles is 1. The maximum Gasteiger partial charge on any atom is 0.161 e. The molecule has 37 heavy (non-hydrogen) atoms. The molecule has 0 bridgehead atoms. The summed E-state index contributed by atoms with van der Waals surface area (Å²) in [6, 6.07) is 8.20. The predicted octanol–water partition coefficient (Wildman–Crippen LogP) is 5.01. The summed E-state index contributed by atoms with van der Waals surface area (Å²) in [6.07, 6.45) is 11.3. The number of fused-ring (bicyclic) bond motifs is 1. The van der Waals surface area contributed by atoms with Gasteiger partial charge in [0.1, 0.15) is 11.9 Å². The summed E-state index contributed by atoms with van der Waals surface area (Å²) in [5, 5.41) is 21.2. The van der Waals surface area contributed by atoms with E-state index in [9.17, 15) is 9.65 Å². The Morgan fingerprint density at radius 3 is 2.70 bits per heavy atom. The van der Waals surface area contributed by atoms with Crippen molar-refractivity contribution in [1.82, 2.24) is 24.4 Å². The molecule has 0 aliphatic carbocycles. The third kappa shape index (κ3) is 5.26. The van der Waals surface area contributed by atoms with E-state index in [-0.39, 0.29) is 6.04 Å². The summed E-state index contributed by atoms with van der Waals surface area (Å²) < 4.78 is 16.4. The van der Waals surface area contributed by atoms with E-state index >= 15 is 0 Å². The monoisotopic (exact) mass is 497 g/mol. The van der Waals surface area contributed by atoms with Gasteiger partial charge >= 0.3 is 0 Å². The first kappa shape index (κ1) is 25.3. The van der Waals surface area contributed by atoms with E-state index in [1.807, 2.05) is 57.6 Å². The minimum Gasteiger partial charge on any atom is -0.384 e. The molecule has 4 heterocycles.